The molecule has 0 aliphatic carbocycles. The van der Waals surface area contributed by atoms with Crippen molar-refractivity contribution in [1.82, 2.24) is 4.89 Å². The molecule has 0 saturated carbocycles. The van der Waals surface area contributed by atoms with E-state index in [2.05, 4.69) is 0 Å². The van der Waals surface area contributed by atoms with Crippen LogP contribution in [-0.2, 0) is 10.0 Å². The number of hydrogen-bond donors (Lipinski definition) is 2. The van der Waals surface area contributed by atoms with Crippen LogP contribution < -0.4 is 4.89 Å². The van der Waals surface area contributed by atoms with Gasteiger partial charge in [-0.05, 0) is 12.0 Å². The summed E-state index contributed by atoms with van der Waals surface area (Å²) in [6.07, 6.45) is 0.382. The van der Waals surface area contributed by atoms with Crippen molar-refractivity contribution in [2.75, 3.05) is 0 Å². The normalized spacial score (nSPS) is 12.0. The fourth-order valence-electron chi connectivity index (χ4n) is 1.13. The van der Waals surface area contributed by atoms with Crippen LogP contribution in [0.1, 0.15) is 29.9 Å². The molecule has 1 heterocycles. The lowest BCUT2D eigenvalue weighted by Gasteiger charge is -2.00. The molecule has 0 spiro atoms. The second-order valence-corrected chi connectivity index (χ2v) is 6.33. The quantitative estimate of drug-likeness (QED) is 0.625. The first-order valence-electron chi connectivity index (χ1n) is 4.64. The van der Waals surface area contributed by atoms with Gasteiger partial charge in [0.1, 0.15) is 0 Å². The number of sulfonamides is 1. The SMILES string of the molecule is CC(C)CC(=O)c1cc(S(=O)(=O)NO)cs1. The minimum absolute atomic E-state index is 0.0839. The fraction of sp³-hybridized carbons (Fsp3) is 0.444. The predicted octanol–water partition coefficient (Wildman–Crippen LogP) is 1.64. The molecule has 1 aromatic rings. The van der Waals surface area contributed by atoms with Crippen LogP contribution in [0, 0.1) is 5.92 Å². The Labute approximate surface area is 98.1 Å². The van der Waals surface area contributed by atoms with Gasteiger partial charge in [-0.15, -0.1) is 11.3 Å². The average Bonchev–Trinajstić information content (AvgIpc) is 2.66. The highest BCUT2D eigenvalue weighted by atomic mass is 32.2. The van der Waals surface area contributed by atoms with Gasteiger partial charge in [-0.1, -0.05) is 18.7 Å². The largest absolute Gasteiger partial charge is 0.302 e. The molecule has 0 unspecified atom stereocenters. The topological polar surface area (TPSA) is 83.5 Å². The summed E-state index contributed by atoms with van der Waals surface area (Å²) in [5.41, 5.74) is 0. The molecular weight excluding hydrogens is 250 g/mol. The molecule has 0 radical (unpaired) electrons. The first-order chi connectivity index (χ1) is 7.36. The highest BCUT2D eigenvalue weighted by Gasteiger charge is 2.18. The van der Waals surface area contributed by atoms with Gasteiger partial charge >= 0.3 is 0 Å². The van der Waals surface area contributed by atoms with Gasteiger partial charge in [-0.3, -0.25) is 4.79 Å². The van der Waals surface area contributed by atoms with Gasteiger partial charge in [0.2, 0.25) is 0 Å². The number of rotatable bonds is 5. The molecule has 7 heteroatoms. The van der Waals surface area contributed by atoms with E-state index in [1.807, 2.05) is 13.8 Å². The van der Waals surface area contributed by atoms with E-state index in [-0.39, 0.29) is 16.6 Å². The zero-order chi connectivity index (χ0) is 12.3. The highest BCUT2D eigenvalue weighted by Crippen LogP contribution is 2.21. The third-order valence-electron chi connectivity index (χ3n) is 1.87. The van der Waals surface area contributed by atoms with E-state index in [1.54, 1.807) is 0 Å². The van der Waals surface area contributed by atoms with Crippen molar-refractivity contribution in [2.24, 2.45) is 5.92 Å². The Balaban J connectivity index is 2.92. The summed E-state index contributed by atoms with van der Waals surface area (Å²) < 4.78 is 22.4. The van der Waals surface area contributed by atoms with Gasteiger partial charge < -0.3 is 5.21 Å². The van der Waals surface area contributed by atoms with Crippen LogP contribution in [0.2, 0.25) is 0 Å². The van der Waals surface area contributed by atoms with Gasteiger partial charge in [0.05, 0.1) is 9.77 Å². The molecule has 0 bridgehead atoms. The first kappa shape index (κ1) is 13.3. The number of ketones is 1. The maximum absolute atomic E-state index is 11.6. The monoisotopic (exact) mass is 263 g/mol. The minimum Gasteiger partial charge on any atom is -0.302 e. The van der Waals surface area contributed by atoms with Crippen molar-refractivity contribution in [3.63, 3.8) is 0 Å². The average molecular weight is 263 g/mol. The van der Waals surface area contributed by atoms with Crippen LogP contribution in [-0.4, -0.2) is 19.4 Å². The standard InChI is InChI=1S/C9H13NO4S2/c1-6(2)3-8(11)9-4-7(5-15-9)16(13,14)10-12/h4-6,10,12H,3H2,1-2H3. The molecule has 0 aliphatic rings. The molecular formula is C9H13NO4S2. The smallest absolute Gasteiger partial charge is 0.263 e. The molecule has 16 heavy (non-hydrogen) atoms. The third-order valence-corrected chi connectivity index (χ3v) is 4.09. The van der Waals surface area contributed by atoms with E-state index in [0.717, 1.165) is 11.3 Å². The number of hydrogen-bond acceptors (Lipinski definition) is 5. The number of carbonyl (C=O) groups excluding carboxylic acids is 1. The van der Waals surface area contributed by atoms with E-state index in [1.165, 1.54) is 16.3 Å². The molecule has 1 aromatic heterocycles. The van der Waals surface area contributed by atoms with Gasteiger partial charge in [0, 0.05) is 11.8 Å². The molecule has 0 atom stereocenters. The van der Waals surface area contributed by atoms with E-state index in [0.29, 0.717) is 11.3 Å². The summed E-state index contributed by atoms with van der Waals surface area (Å²) in [6.45, 7) is 3.83. The molecule has 0 aromatic carbocycles. The van der Waals surface area contributed by atoms with Crippen LogP contribution in [0.5, 0.6) is 0 Å². The summed E-state index contributed by atoms with van der Waals surface area (Å²) in [5, 5.41) is 9.75. The van der Waals surface area contributed by atoms with Gasteiger partial charge in [-0.25, -0.2) is 8.42 Å². The van der Waals surface area contributed by atoms with Crippen LogP contribution in [0.4, 0.5) is 0 Å². The Morgan fingerprint density at radius 3 is 2.69 bits per heavy atom. The maximum Gasteiger partial charge on any atom is 0.263 e. The van der Waals surface area contributed by atoms with E-state index in [9.17, 15) is 13.2 Å². The molecule has 2 N–H and O–H groups in total. The van der Waals surface area contributed by atoms with Crippen LogP contribution in [0.25, 0.3) is 0 Å². The number of thiophene rings is 1. The van der Waals surface area contributed by atoms with Gasteiger partial charge in [0.15, 0.2) is 5.78 Å². The molecule has 0 aliphatic heterocycles. The molecule has 0 amide bonds. The second-order valence-electron chi connectivity index (χ2n) is 3.76. The molecule has 5 nitrogen and oxygen atoms in total. The number of nitrogens with one attached hydrogen (secondary N) is 1. The Bertz CT molecular complexity index is 475. The van der Waals surface area contributed by atoms with Crippen molar-refractivity contribution in [1.29, 1.82) is 0 Å². The maximum atomic E-state index is 11.6. The zero-order valence-corrected chi connectivity index (χ0v) is 10.6. The summed E-state index contributed by atoms with van der Waals surface area (Å²) in [5.74, 6) is 0.144. The lowest BCUT2D eigenvalue weighted by atomic mass is 10.1. The molecule has 90 valence electrons. The summed E-state index contributed by atoms with van der Waals surface area (Å²) in [4.78, 5) is 13.1. The third kappa shape index (κ3) is 3.11. The van der Waals surface area contributed by atoms with Crippen molar-refractivity contribution >= 4 is 27.1 Å². The Morgan fingerprint density at radius 2 is 2.19 bits per heavy atom. The van der Waals surface area contributed by atoms with Crippen molar-refractivity contribution < 1.29 is 18.4 Å². The van der Waals surface area contributed by atoms with Gasteiger partial charge in [0.25, 0.3) is 10.0 Å². The first-order valence-corrected chi connectivity index (χ1v) is 7.00. The van der Waals surface area contributed by atoms with Crippen LogP contribution in [0.3, 0.4) is 0 Å². The van der Waals surface area contributed by atoms with Crippen molar-refractivity contribution in [3.8, 4) is 0 Å². The minimum atomic E-state index is -3.88. The summed E-state index contributed by atoms with van der Waals surface area (Å²) >= 11 is 1.06. The van der Waals surface area contributed by atoms with Gasteiger partial charge in [-0.2, -0.15) is 0 Å². The summed E-state index contributed by atoms with van der Waals surface area (Å²) in [6, 6.07) is 1.27. The van der Waals surface area contributed by atoms with E-state index < -0.39 is 10.0 Å². The van der Waals surface area contributed by atoms with E-state index in [4.69, 9.17) is 5.21 Å². The van der Waals surface area contributed by atoms with Crippen LogP contribution >= 0.6 is 11.3 Å². The summed E-state index contributed by atoms with van der Waals surface area (Å²) in [7, 11) is -3.88. The zero-order valence-electron chi connectivity index (χ0n) is 8.93. The Morgan fingerprint density at radius 1 is 1.56 bits per heavy atom. The Kier molecular flexibility index (Phi) is 4.20. The number of carbonyl (C=O) groups is 1. The lowest BCUT2D eigenvalue weighted by Crippen LogP contribution is -2.18. The van der Waals surface area contributed by atoms with Crippen molar-refractivity contribution in [3.05, 3.63) is 16.3 Å². The Hall–Kier alpha value is -0.760. The van der Waals surface area contributed by atoms with E-state index >= 15 is 0 Å². The molecule has 0 saturated heterocycles. The second kappa shape index (κ2) is 5.05. The number of Topliss-reactive ketones (excluding diaryl/α,β-unsaturated/α-hetero) is 1. The lowest BCUT2D eigenvalue weighted by molar-refractivity contribution is 0.0971. The van der Waals surface area contributed by atoms with Crippen molar-refractivity contribution in [2.45, 2.75) is 25.2 Å². The highest BCUT2D eigenvalue weighted by molar-refractivity contribution is 7.89. The van der Waals surface area contributed by atoms with Crippen LogP contribution in [0.15, 0.2) is 16.3 Å². The molecule has 1 rings (SSSR count). The fourth-order valence-corrected chi connectivity index (χ4v) is 2.96. The molecule has 0 fully saturated rings. The predicted molar refractivity (Wildman–Crippen MR) is 60.2 cm³/mol.